The second kappa shape index (κ2) is 12.9. The first kappa shape index (κ1) is 22.7. The molecule has 0 saturated heterocycles. The van der Waals surface area contributed by atoms with Crippen LogP contribution >= 0.6 is 24.0 Å². The van der Waals surface area contributed by atoms with Gasteiger partial charge in [-0.3, -0.25) is 0 Å². The molecule has 0 fully saturated rings. The van der Waals surface area contributed by atoms with E-state index in [9.17, 15) is 0 Å². The third-order valence-corrected chi connectivity index (χ3v) is 4.01. The zero-order chi connectivity index (χ0) is 17.9. The summed E-state index contributed by atoms with van der Waals surface area (Å²) in [5.74, 6) is 0.853. The van der Waals surface area contributed by atoms with Gasteiger partial charge in [0.05, 0.1) is 6.54 Å². The van der Waals surface area contributed by atoms with Crippen molar-refractivity contribution >= 4 is 40.8 Å². The zero-order valence-electron chi connectivity index (χ0n) is 16.0. The van der Waals surface area contributed by atoms with E-state index in [-0.39, 0.29) is 24.0 Å². The molecule has 2 aromatic rings. The average Bonchev–Trinajstić information content (AvgIpc) is 3.03. The lowest BCUT2D eigenvalue weighted by Gasteiger charge is -2.18. The van der Waals surface area contributed by atoms with Crippen LogP contribution in [0.3, 0.4) is 0 Å². The van der Waals surface area contributed by atoms with Crippen LogP contribution in [0.2, 0.25) is 0 Å². The van der Waals surface area contributed by atoms with Crippen LogP contribution in [0.25, 0.3) is 10.9 Å². The average molecular weight is 473 g/mol. The molecule has 3 N–H and O–H groups in total. The molecule has 1 aromatic heterocycles. The molecule has 0 radical (unpaired) electrons. The van der Waals surface area contributed by atoms with Gasteiger partial charge in [0.15, 0.2) is 5.96 Å². The molecule has 0 unspecified atom stereocenters. The van der Waals surface area contributed by atoms with Gasteiger partial charge < -0.3 is 25.3 Å². The molecule has 1 heterocycles. The number of rotatable bonds is 10. The van der Waals surface area contributed by atoms with Crippen molar-refractivity contribution in [2.45, 2.75) is 19.9 Å². The van der Waals surface area contributed by atoms with Gasteiger partial charge in [0.25, 0.3) is 0 Å². The number of aromatic amines is 1. The molecule has 7 heteroatoms. The Balaban J connectivity index is 0.00000338. The highest BCUT2D eigenvalue weighted by Gasteiger charge is 2.02. The largest absolute Gasteiger partial charge is 0.385 e. The number of nitrogens with one attached hydrogen (secondary N) is 3. The van der Waals surface area contributed by atoms with Crippen LogP contribution in [0.1, 0.15) is 19.0 Å². The molecule has 26 heavy (non-hydrogen) atoms. The molecule has 0 aliphatic carbocycles. The van der Waals surface area contributed by atoms with Gasteiger partial charge in [-0.15, -0.1) is 24.0 Å². The Morgan fingerprint density at radius 3 is 2.77 bits per heavy atom. The minimum Gasteiger partial charge on any atom is -0.385 e. The normalized spacial score (nSPS) is 11.6. The quantitative estimate of drug-likeness (QED) is 0.215. The summed E-state index contributed by atoms with van der Waals surface area (Å²) in [5, 5.41) is 7.92. The van der Waals surface area contributed by atoms with Crippen molar-refractivity contribution in [1.82, 2.24) is 20.5 Å². The molecule has 0 amide bonds. The van der Waals surface area contributed by atoms with E-state index in [1.54, 1.807) is 7.11 Å². The maximum atomic E-state index is 5.09. The Labute approximate surface area is 173 Å². The number of benzene rings is 1. The summed E-state index contributed by atoms with van der Waals surface area (Å²) in [6.07, 6.45) is 1.06. The van der Waals surface area contributed by atoms with E-state index in [4.69, 9.17) is 4.74 Å². The summed E-state index contributed by atoms with van der Waals surface area (Å²) in [4.78, 5) is 10.4. The molecule has 0 aliphatic rings. The molecule has 146 valence electrons. The van der Waals surface area contributed by atoms with Gasteiger partial charge in [-0.05, 0) is 37.9 Å². The molecule has 0 aliphatic heterocycles. The zero-order valence-corrected chi connectivity index (χ0v) is 18.4. The molecule has 6 nitrogen and oxygen atoms in total. The number of hydrogen-bond donors (Lipinski definition) is 3. The monoisotopic (exact) mass is 473 g/mol. The lowest BCUT2D eigenvalue weighted by Crippen LogP contribution is -2.41. The number of aliphatic imine (C=N–C) groups is 1. The number of nitrogens with zero attached hydrogens (tertiary/aromatic N) is 2. The minimum atomic E-state index is 0. The molecule has 0 spiro atoms. The highest BCUT2D eigenvalue weighted by molar-refractivity contribution is 14.0. The van der Waals surface area contributed by atoms with Crippen molar-refractivity contribution in [2.75, 3.05) is 46.9 Å². The van der Waals surface area contributed by atoms with E-state index in [1.165, 1.54) is 5.39 Å². The number of ether oxygens (including phenoxy) is 1. The number of methoxy groups -OCH3 is 1. The lowest BCUT2D eigenvalue weighted by molar-refractivity contribution is 0.180. The van der Waals surface area contributed by atoms with Crippen LogP contribution in [-0.2, 0) is 11.3 Å². The lowest BCUT2D eigenvalue weighted by atomic mass is 10.2. The van der Waals surface area contributed by atoms with Crippen molar-refractivity contribution in [2.24, 2.45) is 4.99 Å². The molecule has 0 atom stereocenters. The van der Waals surface area contributed by atoms with Crippen molar-refractivity contribution in [3.63, 3.8) is 0 Å². The number of aromatic nitrogens is 1. The Morgan fingerprint density at radius 1 is 1.23 bits per heavy atom. The van der Waals surface area contributed by atoms with E-state index >= 15 is 0 Å². The van der Waals surface area contributed by atoms with Gasteiger partial charge >= 0.3 is 0 Å². The summed E-state index contributed by atoms with van der Waals surface area (Å²) in [6.45, 7) is 7.25. The van der Waals surface area contributed by atoms with E-state index in [0.29, 0.717) is 6.54 Å². The fourth-order valence-corrected chi connectivity index (χ4v) is 2.68. The van der Waals surface area contributed by atoms with Gasteiger partial charge in [0.2, 0.25) is 0 Å². The fraction of sp³-hybridized carbons (Fsp3) is 0.526. The molecular formula is C19H32IN5O. The molecule has 2 rings (SSSR count). The number of hydrogen-bond acceptors (Lipinski definition) is 3. The number of para-hydroxylation sites is 1. The van der Waals surface area contributed by atoms with E-state index in [1.807, 2.05) is 6.07 Å². The number of guanidine groups is 1. The second-order valence-electron chi connectivity index (χ2n) is 6.15. The fourth-order valence-electron chi connectivity index (χ4n) is 2.68. The third kappa shape index (κ3) is 7.92. The van der Waals surface area contributed by atoms with Crippen LogP contribution in [0.15, 0.2) is 35.3 Å². The summed E-state index contributed by atoms with van der Waals surface area (Å²) >= 11 is 0. The van der Waals surface area contributed by atoms with Crippen LogP contribution in [0.4, 0.5) is 0 Å². The van der Waals surface area contributed by atoms with Gasteiger partial charge in [-0.2, -0.15) is 0 Å². The van der Waals surface area contributed by atoms with Gasteiger partial charge in [-0.25, -0.2) is 4.99 Å². The summed E-state index contributed by atoms with van der Waals surface area (Å²) < 4.78 is 5.09. The summed E-state index contributed by atoms with van der Waals surface area (Å²) in [7, 11) is 3.87. The predicted octanol–water partition coefficient (Wildman–Crippen LogP) is 2.81. The maximum Gasteiger partial charge on any atom is 0.191 e. The highest BCUT2D eigenvalue weighted by atomic mass is 127. The number of fused-ring (bicyclic) bond motifs is 1. The first-order chi connectivity index (χ1) is 12.2. The van der Waals surface area contributed by atoms with Crippen molar-refractivity contribution in [3.8, 4) is 0 Å². The Kier molecular flexibility index (Phi) is 11.3. The van der Waals surface area contributed by atoms with Crippen molar-refractivity contribution in [1.29, 1.82) is 0 Å². The maximum absolute atomic E-state index is 5.09. The Morgan fingerprint density at radius 2 is 2.04 bits per heavy atom. The van der Waals surface area contributed by atoms with Gasteiger partial charge in [0, 0.05) is 51.1 Å². The number of likely N-dealkylation sites (N-methyl/N-ethyl adjacent to an activating group) is 1. The minimum absolute atomic E-state index is 0. The van der Waals surface area contributed by atoms with Crippen molar-refractivity contribution < 1.29 is 4.74 Å². The Bertz CT molecular complexity index is 625. The van der Waals surface area contributed by atoms with E-state index in [0.717, 1.165) is 56.4 Å². The highest BCUT2D eigenvalue weighted by Crippen LogP contribution is 2.14. The van der Waals surface area contributed by atoms with E-state index < -0.39 is 0 Å². The summed E-state index contributed by atoms with van der Waals surface area (Å²) in [6, 6.07) is 10.5. The molecular weight excluding hydrogens is 441 g/mol. The molecule has 0 saturated carbocycles. The van der Waals surface area contributed by atoms with Crippen LogP contribution in [0, 0.1) is 0 Å². The topological polar surface area (TPSA) is 64.7 Å². The van der Waals surface area contributed by atoms with Crippen LogP contribution < -0.4 is 10.6 Å². The number of halogens is 1. The standard InChI is InChI=1S/C19H31N5O.HI/c1-4-20-19(21-10-12-24(2)11-7-13-25-3)22-15-17-14-16-8-5-6-9-18(16)23-17;/h5-6,8-9,14,23H,4,7,10-13,15H2,1-3H3,(H2,20,21,22);1H. The summed E-state index contributed by atoms with van der Waals surface area (Å²) in [5.41, 5.74) is 2.28. The van der Waals surface area contributed by atoms with E-state index in [2.05, 4.69) is 63.7 Å². The second-order valence-corrected chi connectivity index (χ2v) is 6.15. The molecule has 0 bridgehead atoms. The van der Waals surface area contributed by atoms with Gasteiger partial charge in [-0.1, -0.05) is 18.2 Å². The van der Waals surface area contributed by atoms with Crippen LogP contribution in [0.5, 0.6) is 0 Å². The predicted molar refractivity (Wildman–Crippen MR) is 121 cm³/mol. The van der Waals surface area contributed by atoms with Crippen LogP contribution in [-0.4, -0.2) is 62.8 Å². The smallest absolute Gasteiger partial charge is 0.191 e. The van der Waals surface area contributed by atoms with Gasteiger partial charge in [0.1, 0.15) is 0 Å². The first-order valence-corrected chi connectivity index (χ1v) is 8.99. The Hall–Kier alpha value is -1.32. The number of H-pyrrole nitrogens is 1. The first-order valence-electron chi connectivity index (χ1n) is 8.99. The SMILES string of the molecule is CCNC(=NCc1cc2ccccc2[nH]1)NCCN(C)CCCOC.I. The van der Waals surface area contributed by atoms with Crippen molar-refractivity contribution in [3.05, 3.63) is 36.0 Å². The third-order valence-electron chi connectivity index (χ3n) is 4.01. The molecule has 1 aromatic carbocycles.